The minimum absolute atomic E-state index is 0.152. The van der Waals surface area contributed by atoms with Crippen molar-refractivity contribution in [1.82, 2.24) is 10.2 Å². The zero-order valence-corrected chi connectivity index (χ0v) is 10.7. The number of ether oxygens (including phenoxy) is 2. The third-order valence-corrected chi connectivity index (χ3v) is 3.73. The standard InChI is InChI=1S/C12H22N2O3/c1-14-5-3-4-10(6-14)13-7-12(8-17-9-12)11(15)16-2/h10,13H,3-9H2,1-2H3. The maximum absolute atomic E-state index is 11.7. The van der Waals surface area contributed by atoms with Crippen molar-refractivity contribution in [2.24, 2.45) is 5.41 Å². The normalized spacial score (nSPS) is 28.5. The predicted octanol–water partition coefficient (Wildman–Crippen LogP) is -0.140. The number of hydrogen-bond donors (Lipinski definition) is 1. The maximum Gasteiger partial charge on any atom is 0.317 e. The molecule has 2 heterocycles. The Balaban J connectivity index is 1.81. The summed E-state index contributed by atoms with van der Waals surface area (Å²) in [5.74, 6) is -0.152. The molecule has 5 heteroatoms. The molecule has 2 aliphatic heterocycles. The molecule has 0 aromatic heterocycles. The van der Waals surface area contributed by atoms with Crippen molar-refractivity contribution in [3.05, 3.63) is 0 Å². The summed E-state index contributed by atoms with van der Waals surface area (Å²) in [4.78, 5) is 14.0. The number of carbonyl (C=O) groups is 1. The molecule has 5 nitrogen and oxygen atoms in total. The molecule has 2 saturated heterocycles. The fourth-order valence-electron chi connectivity index (χ4n) is 2.53. The Morgan fingerprint density at radius 2 is 2.35 bits per heavy atom. The van der Waals surface area contributed by atoms with Crippen LogP contribution in [-0.2, 0) is 14.3 Å². The molecule has 0 radical (unpaired) electrons. The van der Waals surface area contributed by atoms with Gasteiger partial charge in [0.2, 0.25) is 0 Å². The summed E-state index contributed by atoms with van der Waals surface area (Å²) in [6.45, 7) is 3.85. The minimum Gasteiger partial charge on any atom is -0.468 e. The molecule has 0 aromatic rings. The lowest BCUT2D eigenvalue weighted by Crippen LogP contribution is -2.58. The van der Waals surface area contributed by atoms with Crippen LogP contribution in [0.2, 0.25) is 0 Å². The SMILES string of the molecule is COC(=O)C1(CNC2CCCN(C)C2)COC1. The first-order valence-corrected chi connectivity index (χ1v) is 6.24. The van der Waals surface area contributed by atoms with Crippen molar-refractivity contribution < 1.29 is 14.3 Å². The number of nitrogens with one attached hydrogen (secondary N) is 1. The van der Waals surface area contributed by atoms with Crippen LogP contribution in [0, 0.1) is 5.41 Å². The van der Waals surface area contributed by atoms with Crippen molar-refractivity contribution in [2.45, 2.75) is 18.9 Å². The highest BCUT2D eigenvalue weighted by Crippen LogP contribution is 2.28. The van der Waals surface area contributed by atoms with E-state index < -0.39 is 5.41 Å². The molecule has 98 valence electrons. The molecule has 0 amide bonds. The van der Waals surface area contributed by atoms with Crippen LogP contribution in [0.5, 0.6) is 0 Å². The number of carbonyl (C=O) groups excluding carboxylic acids is 1. The molecule has 2 aliphatic rings. The zero-order valence-electron chi connectivity index (χ0n) is 10.7. The van der Waals surface area contributed by atoms with Gasteiger partial charge in [0, 0.05) is 19.1 Å². The summed E-state index contributed by atoms with van der Waals surface area (Å²) in [5, 5.41) is 3.49. The van der Waals surface area contributed by atoms with Gasteiger partial charge in [-0.15, -0.1) is 0 Å². The van der Waals surface area contributed by atoms with Gasteiger partial charge in [-0.1, -0.05) is 0 Å². The fraction of sp³-hybridized carbons (Fsp3) is 0.917. The van der Waals surface area contributed by atoms with Gasteiger partial charge in [-0.2, -0.15) is 0 Å². The fourth-order valence-corrected chi connectivity index (χ4v) is 2.53. The van der Waals surface area contributed by atoms with E-state index in [2.05, 4.69) is 17.3 Å². The lowest BCUT2D eigenvalue weighted by Gasteiger charge is -2.40. The van der Waals surface area contributed by atoms with Gasteiger partial charge in [-0.25, -0.2) is 0 Å². The van der Waals surface area contributed by atoms with E-state index in [1.54, 1.807) is 0 Å². The summed E-state index contributed by atoms with van der Waals surface area (Å²) in [5.41, 5.74) is -0.440. The number of likely N-dealkylation sites (N-methyl/N-ethyl adjacent to an activating group) is 1. The number of methoxy groups -OCH3 is 1. The molecule has 0 aliphatic carbocycles. The lowest BCUT2D eigenvalue weighted by atomic mass is 9.85. The van der Waals surface area contributed by atoms with Crippen LogP contribution in [0.25, 0.3) is 0 Å². The molecule has 2 fully saturated rings. The van der Waals surface area contributed by atoms with E-state index in [4.69, 9.17) is 9.47 Å². The Hall–Kier alpha value is -0.650. The van der Waals surface area contributed by atoms with Crippen LogP contribution in [0.1, 0.15) is 12.8 Å². The van der Waals surface area contributed by atoms with Crippen LogP contribution < -0.4 is 5.32 Å². The van der Waals surface area contributed by atoms with Crippen molar-refractivity contribution in [3.63, 3.8) is 0 Å². The highest BCUT2D eigenvalue weighted by Gasteiger charge is 2.47. The van der Waals surface area contributed by atoms with Crippen LogP contribution in [0.15, 0.2) is 0 Å². The second kappa shape index (κ2) is 5.33. The molecule has 2 rings (SSSR count). The van der Waals surface area contributed by atoms with Crippen LogP contribution >= 0.6 is 0 Å². The number of esters is 1. The van der Waals surface area contributed by atoms with Crippen LogP contribution in [-0.4, -0.2) is 63.9 Å². The van der Waals surface area contributed by atoms with Crippen molar-refractivity contribution in [3.8, 4) is 0 Å². The van der Waals surface area contributed by atoms with Gasteiger partial charge in [0.15, 0.2) is 0 Å². The molecular weight excluding hydrogens is 220 g/mol. The molecule has 0 spiro atoms. The molecule has 0 bridgehead atoms. The third-order valence-electron chi connectivity index (χ3n) is 3.73. The average molecular weight is 242 g/mol. The van der Waals surface area contributed by atoms with Gasteiger partial charge >= 0.3 is 5.97 Å². The van der Waals surface area contributed by atoms with Crippen LogP contribution in [0.4, 0.5) is 0 Å². The summed E-state index contributed by atoms with van der Waals surface area (Å²) in [7, 11) is 3.58. The number of rotatable bonds is 4. The van der Waals surface area contributed by atoms with Gasteiger partial charge in [-0.3, -0.25) is 4.79 Å². The largest absolute Gasteiger partial charge is 0.468 e. The maximum atomic E-state index is 11.7. The van der Waals surface area contributed by atoms with Gasteiger partial charge in [0.05, 0.1) is 20.3 Å². The first kappa shape index (κ1) is 12.8. The average Bonchev–Trinajstić information content (AvgIpc) is 2.27. The molecule has 0 aromatic carbocycles. The van der Waals surface area contributed by atoms with Crippen molar-refractivity contribution >= 4 is 5.97 Å². The van der Waals surface area contributed by atoms with E-state index in [1.807, 2.05) is 0 Å². The Morgan fingerprint density at radius 3 is 2.88 bits per heavy atom. The Kier molecular flexibility index (Phi) is 4.01. The number of nitrogens with zero attached hydrogens (tertiary/aromatic N) is 1. The third kappa shape index (κ3) is 2.78. The number of piperidine rings is 1. The molecule has 1 N–H and O–H groups in total. The Bertz CT molecular complexity index is 279. The van der Waals surface area contributed by atoms with Crippen molar-refractivity contribution in [2.75, 3.05) is 47.0 Å². The van der Waals surface area contributed by atoms with Gasteiger partial charge < -0.3 is 19.7 Å². The van der Waals surface area contributed by atoms with Crippen molar-refractivity contribution in [1.29, 1.82) is 0 Å². The summed E-state index contributed by atoms with van der Waals surface area (Å²) in [6, 6.07) is 0.482. The minimum atomic E-state index is -0.440. The Labute approximate surface area is 102 Å². The van der Waals surface area contributed by atoms with E-state index in [0.717, 1.165) is 6.54 Å². The van der Waals surface area contributed by atoms with Gasteiger partial charge in [-0.05, 0) is 26.4 Å². The lowest BCUT2D eigenvalue weighted by molar-refractivity contribution is -0.182. The quantitative estimate of drug-likeness (QED) is 0.695. The summed E-state index contributed by atoms with van der Waals surface area (Å²) in [6.07, 6.45) is 2.40. The summed E-state index contributed by atoms with van der Waals surface area (Å²) < 4.78 is 10.0. The first-order valence-electron chi connectivity index (χ1n) is 6.24. The predicted molar refractivity (Wildman–Crippen MR) is 63.8 cm³/mol. The number of hydrogen-bond acceptors (Lipinski definition) is 5. The van der Waals surface area contributed by atoms with Crippen LogP contribution in [0.3, 0.4) is 0 Å². The topological polar surface area (TPSA) is 50.8 Å². The van der Waals surface area contributed by atoms with E-state index in [1.165, 1.54) is 26.5 Å². The highest BCUT2D eigenvalue weighted by atomic mass is 16.5. The number of likely N-dealkylation sites (tertiary alicyclic amines) is 1. The monoisotopic (exact) mass is 242 g/mol. The second-order valence-electron chi connectivity index (χ2n) is 5.25. The second-order valence-corrected chi connectivity index (χ2v) is 5.25. The Morgan fingerprint density at radius 1 is 1.59 bits per heavy atom. The van der Waals surface area contributed by atoms with E-state index in [9.17, 15) is 4.79 Å². The van der Waals surface area contributed by atoms with E-state index >= 15 is 0 Å². The smallest absolute Gasteiger partial charge is 0.317 e. The molecule has 1 unspecified atom stereocenters. The van der Waals surface area contributed by atoms with Gasteiger partial charge in [0.25, 0.3) is 0 Å². The summed E-state index contributed by atoms with van der Waals surface area (Å²) >= 11 is 0. The van der Waals surface area contributed by atoms with E-state index in [-0.39, 0.29) is 5.97 Å². The molecule has 1 atom stereocenters. The van der Waals surface area contributed by atoms with Gasteiger partial charge in [0.1, 0.15) is 5.41 Å². The van der Waals surface area contributed by atoms with E-state index in [0.29, 0.717) is 25.8 Å². The molecular formula is C12H22N2O3. The zero-order chi connectivity index (χ0) is 12.3. The molecule has 0 saturated carbocycles. The first-order chi connectivity index (χ1) is 8.16. The highest BCUT2D eigenvalue weighted by molar-refractivity contribution is 5.78. The molecule has 17 heavy (non-hydrogen) atoms.